The number of hydrogen-bond acceptors (Lipinski definition) is 4. The van der Waals surface area contributed by atoms with Crippen LogP contribution in [0.5, 0.6) is 5.75 Å². The van der Waals surface area contributed by atoms with Crippen LogP contribution < -0.4 is 10.1 Å². The van der Waals surface area contributed by atoms with E-state index in [0.717, 1.165) is 12.8 Å². The number of methoxy groups -OCH3 is 1. The van der Waals surface area contributed by atoms with Crippen LogP contribution in [0.25, 0.3) is 0 Å². The highest BCUT2D eigenvalue weighted by molar-refractivity contribution is 9.10. The standard InChI is InChI=1S/C13H19BrN2O3S.ClH/c1-15-10-5-7-16(8-6-10)20(17,18)13-9-11(19-2)3-4-12(13)14;/h3-4,9-10,15H,5-8H2,1-2H3;1H. The number of piperidine rings is 1. The summed E-state index contributed by atoms with van der Waals surface area (Å²) < 4.78 is 32.6. The van der Waals surface area contributed by atoms with Crippen LogP contribution in [0.3, 0.4) is 0 Å². The second kappa shape index (κ2) is 7.78. The topological polar surface area (TPSA) is 58.6 Å². The molecule has 5 nitrogen and oxygen atoms in total. The molecule has 0 aromatic heterocycles. The third-order valence-electron chi connectivity index (χ3n) is 3.62. The van der Waals surface area contributed by atoms with Crippen molar-refractivity contribution in [2.24, 2.45) is 0 Å². The minimum Gasteiger partial charge on any atom is -0.497 e. The van der Waals surface area contributed by atoms with Gasteiger partial charge in [0.25, 0.3) is 0 Å². The van der Waals surface area contributed by atoms with Crippen molar-refractivity contribution in [3.8, 4) is 5.75 Å². The quantitative estimate of drug-likeness (QED) is 0.843. The van der Waals surface area contributed by atoms with E-state index < -0.39 is 10.0 Å². The minimum absolute atomic E-state index is 0. The first-order valence-corrected chi connectivity index (χ1v) is 8.73. The van der Waals surface area contributed by atoms with Gasteiger partial charge in [-0.15, -0.1) is 12.4 Å². The lowest BCUT2D eigenvalue weighted by molar-refractivity contribution is 0.298. The van der Waals surface area contributed by atoms with E-state index in [4.69, 9.17) is 4.74 Å². The van der Waals surface area contributed by atoms with Gasteiger partial charge in [-0.2, -0.15) is 4.31 Å². The molecule has 1 aromatic rings. The van der Waals surface area contributed by atoms with Gasteiger partial charge in [-0.3, -0.25) is 0 Å². The molecule has 0 saturated carbocycles. The molecular formula is C13H20BrClN2O3S. The number of halogens is 2. The molecule has 2 rings (SSSR count). The van der Waals surface area contributed by atoms with Crippen LogP contribution in [0.15, 0.2) is 27.6 Å². The first-order chi connectivity index (χ1) is 9.48. The predicted octanol–water partition coefficient (Wildman–Crippen LogP) is 2.25. The fourth-order valence-corrected chi connectivity index (χ4v) is 4.74. The number of nitrogens with zero attached hydrogens (tertiary/aromatic N) is 1. The molecule has 120 valence electrons. The fraction of sp³-hybridized carbons (Fsp3) is 0.538. The Morgan fingerprint density at radius 3 is 2.48 bits per heavy atom. The molecule has 0 unspecified atom stereocenters. The van der Waals surface area contributed by atoms with Crippen LogP contribution >= 0.6 is 28.3 Å². The molecule has 0 radical (unpaired) electrons. The van der Waals surface area contributed by atoms with Crippen molar-refractivity contribution < 1.29 is 13.2 Å². The molecule has 0 atom stereocenters. The Bertz CT molecular complexity index is 575. The van der Waals surface area contributed by atoms with Gasteiger partial charge in [0.05, 0.1) is 7.11 Å². The number of hydrogen-bond donors (Lipinski definition) is 1. The van der Waals surface area contributed by atoms with Crippen molar-refractivity contribution >= 4 is 38.4 Å². The second-order valence-corrected chi connectivity index (χ2v) is 7.52. The monoisotopic (exact) mass is 398 g/mol. The number of sulfonamides is 1. The summed E-state index contributed by atoms with van der Waals surface area (Å²) in [6.07, 6.45) is 1.66. The molecule has 0 aliphatic carbocycles. The van der Waals surface area contributed by atoms with E-state index in [1.807, 2.05) is 7.05 Å². The van der Waals surface area contributed by atoms with E-state index in [1.54, 1.807) is 22.5 Å². The number of benzene rings is 1. The Labute approximate surface area is 140 Å². The van der Waals surface area contributed by atoms with Gasteiger partial charge < -0.3 is 10.1 Å². The normalized spacial score (nSPS) is 17.3. The van der Waals surface area contributed by atoms with Gasteiger partial charge in [-0.1, -0.05) is 0 Å². The maximum absolute atomic E-state index is 12.7. The Balaban J connectivity index is 0.00000220. The average molecular weight is 400 g/mol. The summed E-state index contributed by atoms with van der Waals surface area (Å²) in [6, 6.07) is 5.39. The maximum Gasteiger partial charge on any atom is 0.244 e. The third kappa shape index (κ3) is 4.10. The molecule has 1 N–H and O–H groups in total. The molecule has 1 aliphatic rings. The highest BCUT2D eigenvalue weighted by Crippen LogP contribution is 2.30. The van der Waals surface area contributed by atoms with Crippen LogP contribution in [0.1, 0.15) is 12.8 Å². The lowest BCUT2D eigenvalue weighted by Crippen LogP contribution is -2.43. The SMILES string of the molecule is CNC1CCN(S(=O)(=O)c2cc(OC)ccc2Br)CC1.Cl. The lowest BCUT2D eigenvalue weighted by Gasteiger charge is -2.31. The first kappa shape index (κ1) is 18.7. The average Bonchev–Trinajstić information content (AvgIpc) is 2.47. The lowest BCUT2D eigenvalue weighted by atomic mass is 10.1. The van der Waals surface area contributed by atoms with Crippen LogP contribution in [0, 0.1) is 0 Å². The van der Waals surface area contributed by atoms with Crippen LogP contribution in [0.4, 0.5) is 0 Å². The number of nitrogens with one attached hydrogen (secondary N) is 1. The molecule has 1 fully saturated rings. The summed E-state index contributed by atoms with van der Waals surface area (Å²) in [5, 5.41) is 3.19. The minimum atomic E-state index is -3.48. The van der Waals surface area contributed by atoms with E-state index >= 15 is 0 Å². The second-order valence-electron chi connectivity index (χ2n) is 4.76. The summed E-state index contributed by atoms with van der Waals surface area (Å²) >= 11 is 3.31. The van der Waals surface area contributed by atoms with Crippen molar-refractivity contribution in [1.82, 2.24) is 9.62 Å². The molecular weight excluding hydrogens is 380 g/mol. The molecule has 0 bridgehead atoms. The molecule has 1 saturated heterocycles. The molecule has 0 amide bonds. The zero-order valence-electron chi connectivity index (χ0n) is 12.0. The van der Waals surface area contributed by atoms with Crippen molar-refractivity contribution in [3.63, 3.8) is 0 Å². The van der Waals surface area contributed by atoms with Gasteiger partial charge in [0.2, 0.25) is 10.0 Å². The van der Waals surface area contributed by atoms with Gasteiger partial charge >= 0.3 is 0 Å². The fourth-order valence-electron chi connectivity index (χ4n) is 2.33. The number of rotatable bonds is 4. The van der Waals surface area contributed by atoms with Gasteiger partial charge in [-0.25, -0.2) is 8.42 Å². The van der Waals surface area contributed by atoms with Gasteiger partial charge in [-0.05, 0) is 48.0 Å². The largest absolute Gasteiger partial charge is 0.497 e. The van der Waals surface area contributed by atoms with E-state index in [-0.39, 0.29) is 17.3 Å². The van der Waals surface area contributed by atoms with Crippen LogP contribution in [-0.4, -0.2) is 46.0 Å². The molecule has 8 heteroatoms. The van der Waals surface area contributed by atoms with E-state index in [0.29, 0.717) is 29.4 Å². The summed E-state index contributed by atoms with van der Waals surface area (Å²) in [4.78, 5) is 0.264. The Kier molecular flexibility index (Phi) is 6.93. The van der Waals surface area contributed by atoms with Crippen LogP contribution in [-0.2, 0) is 10.0 Å². The van der Waals surface area contributed by atoms with E-state index in [2.05, 4.69) is 21.2 Å². The van der Waals surface area contributed by atoms with Gasteiger partial charge in [0.1, 0.15) is 10.6 Å². The molecule has 1 aromatic carbocycles. The highest BCUT2D eigenvalue weighted by Gasteiger charge is 2.30. The first-order valence-electron chi connectivity index (χ1n) is 6.50. The number of ether oxygens (including phenoxy) is 1. The van der Waals surface area contributed by atoms with Crippen molar-refractivity contribution in [1.29, 1.82) is 0 Å². The summed E-state index contributed by atoms with van der Waals surface area (Å²) in [5.41, 5.74) is 0. The smallest absolute Gasteiger partial charge is 0.244 e. The zero-order valence-corrected chi connectivity index (χ0v) is 15.2. The highest BCUT2D eigenvalue weighted by atomic mass is 79.9. The summed E-state index contributed by atoms with van der Waals surface area (Å²) in [6.45, 7) is 1.08. The van der Waals surface area contributed by atoms with E-state index in [9.17, 15) is 8.42 Å². The van der Waals surface area contributed by atoms with Crippen molar-refractivity contribution in [3.05, 3.63) is 22.7 Å². The molecule has 1 heterocycles. The Hall–Kier alpha value is -0.340. The van der Waals surface area contributed by atoms with Crippen molar-refractivity contribution in [2.45, 2.75) is 23.8 Å². The van der Waals surface area contributed by atoms with E-state index in [1.165, 1.54) is 7.11 Å². The van der Waals surface area contributed by atoms with Crippen LogP contribution in [0.2, 0.25) is 0 Å². The maximum atomic E-state index is 12.7. The predicted molar refractivity (Wildman–Crippen MR) is 88.8 cm³/mol. The zero-order chi connectivity index (χ0) is 14.8. The molecule has 0 spiro atoms. The summed E-state index contributed by atoms with van der Waals surface area (Å²) in [5.74, 6) is 0.539. The molecule has 21 heavy (non-hydrogen) atoms. The molecule has 1 aliphatic heterocycles. The van der Waals surface area contributed by atoms with Gasteiger partial charge in [0, 0.05) is 29.7 Å². The Morgan fingerprint density at radius 1 is 1.33 bits per heavy atom. The van der Waals surface area contributed by atoms with Gasteiger partial charge in [0.15, 0.2) is 0 Å². The summed E-state index contributed by atoms with van der Waals surface area (Å²) in [7, 11) is -0.0422. The van der Waals surface area contributed by atoms with Crippen molar-refractivity contribution in [2.75, 3.05) is 27.2 Å². The third-order valence-corrected chi connectivity index (χ3v) is 6.51. The Morgan fingerprint density at radius 2 is 1.95 bits per heavy atom.